The zero-order chi connectivity index (χ0) is 18.5. The molecule has 1 aromatic heterocycles. The lowest BCUT2D eigenvalue weighted by Crippen LogP contribution is -2.43. The first-order chi connectivity index (χ1) is 12.5. The van der Waals surface area contributed by atoms with E-state index < -0.39 is 0 Å². The monoisotopic (exact) mass is 417 g/mol. The summed E-state index contributed by atoms with van der Waals surface area (Å²) in [6, 6.07) is 9.83. The maximum absolute atomic E-state index is 12.3. The molecular weight excluding hydrogens is 394 g/mol. The number of aromatic amines is 1. The molecule has 1 saturated carbocycles. The maximum atomic E-state index is 12.3. The average molecular weight is 418 g/mol. The number of aryl methyl sites for hydroxylation is 1. The molecule has 1 atom stereocenters. The number of pyridine rings is 1. The molecule has 3 rings (SSSR count). The zero-order valence-electron chi connectivity index (χ0n) is 14.8. The largest absolute Gasteiger partial charge is 0.335 e. The first-order valence-corrected chi connectivity index (χ1v) is 9.76. The molecule has 2 amide bonds. The van der Waals surface area contributed by atoms with Crippen LogP contribution in [0.25, 0.3) is 0 Å². The number of hydrogen-bond donors (Lipinski definition) is 3. The summed E-state index contributed by atoms with van der Waals surface area (Å²) in [5.41, 5.74) is 2.55. The minimum absolute atomic E-state index is 0.0904. The van der Waals surface area contributed by atoms with Crippen LogP contribution >= 0.6 is 15.9 Å². The highest BCUT2D eigenvalue weighted by Crippen LogP contribution is 2.34. The van der Waals surface area contributed by atoms with Crippen LogP contribution in [0.1, 0.15) is 36.0 Å². The van der Waals surface area contributed by atoms with Crippen LogP contribution in [0.2, 0.25) is 0 Å². The summed E-state index contributed by atoms with van der Waals surface area (Å²) in [5.74, 6) is 0.715. The molecule has 1 aliphatic rings. The quantitative estimate of drug-likeness (QED) is 0.642. The van der Waals surface area contributed by atoms with E-state index in [2.05, 4.69) is 43.7 Å². The Hall–Kier alpha value is -2.08. The summed E-state index contributed by atoms with van der Waals surface area (Å²) in [6.07, 6.45) is 5.95. The summed E-state index contributed by atoms with van der Waals surface area (Å²) >= 11 is 3.50. The van der Waals surface area contributed by atoms with Gasteiger partial charge < -0.3 is 15.6 Å². The Balaban J connectivity index is 1.58. The minimum atomic E-state index is -0.230. The second kappa shape index (κ2) is 8.54. The Morgan fingerprint density at radius 2 is 2.15 bits per heavy atom. The lowest BCUT2D eigenvalue weighted by atomic mass is 10.0. The van der Waals surface area contributed by atoms with Crippen molar-refractivity contribution in [1.82, 2.24) is 15.6 Å². The van der Waals surface area contributed by atoms with E-state index in [4.69, 9.17) is 0 Å². The minimum Gasteiger partial charge on any atom is -0.335 e. The van der Waals surface area contributed by atoms with Crippen LogP contribution in [0.5, 0.6) is 0 Å². The number of halogens is 1. The van der Waals surface area contributed by atoms with Gasteiger partial charge in [-0.1, -0.05) is 40.9 Å². The molecule has 6 heteroatoms. The summed E-state index contributed by atoms with van der Waals surface area (Å²) in [5, 5.41) is 5.89. The van der Waals surface area contributed by atoms with Crippen LogP contribution in [0.15, 0.2) is 45.8 Å². The van der Waals surface area contributed by atoms with Crippen molar-refractivity contribution in [2.24, 2.45) is 5.92 Å². The van der Waals surface area contributed by atoms with Gasteiger partial charge in [0.2, 0.25) is 0 Å². The number of carbonyl (C=O) groups excluding carboxylic acids is 1. The van der Waals surface area contributed by atoms with Gasteiger partial charge in [-0.15, -0.1) is 0 Å². The Kier molecular flexibility index (Phi) is 6.14. The molecule has 0 bridgehead atoms. The topological polar surface area (TPSA) is 74.0 Å². The normalized spacial score (nSPS) is 14.7. The van der Waals surface area contributed by atoms with Gasteiger partial charge in [0.05, 0.1) is 0 Å². The molecule has 0 saturated heterocycles. The fourth-order valence-corrected chi connectivity index (χ4v) is 3.54. The zero-order valence-corrected chi connectivity index (χ0v) is 16.4. The number of H-pyrrole nitrogens is 1. The SMILES string of the molecule is Cc1c[nH]c(=O)c(CNC(=O)NC(Cc2cccc(Br)c2)CC2CC2)c1. The van der Waals surface area contributed by atoms with Crippen LogP contribution in [-0.2, 0) is 13.0 Å². The highest BCUT2D eigenvalue weighted by molar-refractivity contribution is 9.10. The van der Waals surface area contributed by atoms with Crippen molar-refractivity contribution in [2.75, 3.05) is 0 Å². The number of aromatic nitrogens is 1. The van der Waals surface area contributed by atoms with E-state index in [1.165, 1.54) is 18.4 Å². The van der Waals surface area contributed by atoms with Gasteiger partial charge in [0.1, 0.15) is 0 Å². The van der Waals surface area contributed by atoms with Gasteiger partial charge in [0, 0.05) is 28.8 Å². The smallest absolute Gasteiger partial charge is 0.315 e. The predicted octanol–water partition coefficient (Wildman–Crippen LogP) is 3.66. The maximum Gasteiger partial charge on any atom is 0.315 e. The van der Waals surface area contributed by atoms with Crippen molar-refractivity contribution in [3.8, 4) is 0 Å². The van der Waals surface area contributed by atoms with Crippen molar-refractivity contribution in [2.45, 2.75) is 45.2 Å². The van der Waals surface area contributed by atoms with Crippen LogP contribution < -0.4 is 16.2 Å². The first-order valence-electron chi connectivity index (χ1n) is 8.96. The number of benzene rings is 1. The van der Waals surface area contributed by atoms with E-state index in [1.54, 1.807) is 12.3 Å². The second-order valence-corrected chi connectivity index (χ2v) is 7.98. The molecule has 3 N–H and O–H groups in total. The number of nitrogens with one attached hydrogen (secondary N) is 3. The third-order valence-corrected chi connectivity index (χ3v) is 5.08. The molecule has 0 radical (unpaired) electrons. The number of carbonyl (C=O) groups is 1. The number of rotatable bonds is 7. The molecule has 2 aromatic rings. The van der Waals surface area contributed by atoms with Crippen LogP contribution in [-0.4, -0.2) is 17.1 Å². The average Bonchev–Trinajstić information content (AvgIpc) is 3.39. The fraction of sp³-hybridized carbons (Fsp3) is 0.400. The predicted molar refractivity (Wildman–Crippen MR) is 106 cm³/mol. The molecule has 5 nitrogen and oxygen atoms in total. The first kappa shape index (κ1) is 18.7. The van der Waals surface area contributed by atoms with Gasteiger partial charge in [-0.25, -0.2) is 4.79 Å². The summed E-state index contributed by atoms with van der Waals surface area (Å²) in [7, 11) is 0. The van der Waals surface area contributed by atoms with Gasteiger partial charge in [-0.2, -0.15) is 0 Å². The molecule has 1 unspecified atom stereocenters. The lowest BCUT2D eigenvalue weighted by molar-refractivity contribution is 0.235. The lowest BCUT2D eigenvalue weighted by Gasteiger charge is -2.19. The number of hydrogen-bond acceptors (Lipinski definition) is 2. The molecular formula is C20H24BrN3O2. The Morgan fingerprint density at radius 1 is 1.35 bits per heavy atom. The van der Waals surface area contributed by atoms with Crippen LogP contribution in [0.4, 0.5) is 4.79 Å². The van der Waals surface area contributed by atoms with Gasteiger partial charge in [-0.3, -0.25) is 4.79 Å². The van der Waals surface area contributed by atoms with Crippen LogP contribution in [0.3, 0.4) is 0 Å². The van der Waals surface area contributed by atoms with Crippen molar-refractivity contribution >= 4 is 22.0 Å². The molecule has 1 heterocycles. The highest BCUT2D eigenvalue weighted by atomic mass is 79.9. The summed E-state index contributed by atoms with van der Waals surface area (Å²) in [6.45, 7) is 2.12. The molecule has 1 fully saturated rings. The van der Waals surface area contributed by atoms with E-state index in [1.807, 2.05) is 19.1 Å². The standard InChI is InChI=1S/C20H24BrN3O2/c1-13-7-16(19(25)22-11-13)12-23-20(26)24-18(9-14-5-6-14)10-15-3-2-4-17(21)8-15/h2-4,7-8,11,14,18H,5-6,9-10,12H2,1H3,(H,22,25)(H2,23,24,26). The molecule has 1 aromatic carbocycles. The third-order valence-electron chi connectivity index (χ3n) is 4.59. The van der Waals surface area contributed by atoms with Crippen molar-refractivity contribution in [3.05, 3.63) is 68.0 Å². The molecule has 138 valence electrons. The second-order valence-electron chi connectivity index (χ2n) is 7.07. The molecule has 26 heavy (non-hydrogen) atoms. The van der Waals surface area contributed by atoms with E-state index in [9.17, 15) is 9.59 Å². The molecule has 1 aliphatic carbocycles. The van der Waals surface area contributed by atoms with Gasteiger partial charge >= 0.3 is 6.03 Å². The van der Waals surface area contributed by atoms with Crippen molar-refractivity contribution in [1.29, 1.82) is 0 Å². The Morgan fingerprint density at radius 3 is 2.88 bits per heavy atom. The van der Waals surface area contributed by atoms with E-state index >= 15 is 0 Å². The third kappa shape index (κ3) is 5.73. The van der Waals surface area contributed by atoms with Crippen molar-refractivity contribution in [3.63, 3.8) is 0 Å². The molecule has 0 spiro atoms. The van der Waals surface area contributed by atoms with E-state index in [0.717, 1.165) is 22.9 Å². The molecule has 0 aliphatic heterocycles. The van der Waals surface area contributed by atoms with Gasteiger partial charge in [0.25, 0.3) is 5.56 Å². The highest BCUT2D eigenvalue weighted by Gasteiger charge is 2.26. The summed E-state index contributed by atoms with van der Waals surface area (Å²) < 4.78 is 1.04. The Labute approximate surface area is 161 Å². The van der Waals surface area contributed by atoms with E-state index in [0.29, 0.717) is 11.5 Å². The number of urea groups is 1. The van der Waals surface area contributed by atoms with Gasteiger partial charge in [-0.05, 0) is 55.0 Å². The summed E-state index contributed by atoms with van der Waals surface area (Å²) in [4.78, 5) is 26.8. The Bertz CT molecular complexity index is 830. The van der Waals surface area contributed by atoms with Crippen LogP contribution in [0, 0.1) is 12.8 Å². The van der Waals surface area contributed by atoms with Crippen molar-refractivity contribution < 1.29 is 4.79 Å². The number of amides is 2. The van der Waals surface area contributed by atoms with E-state index in [-0.39, 0.29) is 24.2 Å². The fourth-order valence-electron chi connectivity index (χ4n) is 3.10. The van der Waals surface area contributed by atoms with Gasteiger partial charge in [0.15, 0.2) is 0 Å².